The Morgan fingerprint density at radius 2 is 2.00 bits per heavy atom. The summed E-state index contributed by atoms with van der Waals surface area (Å²) in [5.74, 6) is -0.434. The van der Waals surface area contributed by atoms with Crippen LogP contribution in [0.3, 0.4) is 0 Å². The van der Waals surface area contributed by atoms with Crippen LogP contribution in [0.25, 0.3) is 0 Å². The second kappa shape index (κ2) is 5.16. The van der Waals surface area contributed by atoms with Crippen LogP contribution in [-0.2, 0) is 0 Å². The van der Waals surface area contributed by atoms with Crippen molar-refractivity contribution in [2.75, 3.05) is 0 Å². The van der Waals surface area contributed by atoms with Crippen LogP contribution >= 0.6 is 0 Å². The molecule has 0 bridgehead atoms. The Bertz CT molecular complexity index is 714. The summed E-state index contributed by atoms with van der Waals surface area (Å²) in [6.07, 6.45) is 0. The molecule has 2 aromatic rings. The topological polar surface area (TPSA) is 69.7 Å². The first-order valence-electron chi connectivity index (χ1n) is 5.39. The summed E-state index contributed by atoms with van der Waals surface area (Å²) in [4.78, 5) is 4.08. The summed E-state index contributed by atoms with van der Waals surface area (Å²) in [5.41, 5.74) is 0.797. The lowest BCUT2D eigenvalue weighted by atomic mass is 10.2. The number of rotatable bonds is 2. The fourth-order valence-electron chi connectivity index (χ4n) is 1.57. The van der Waals surface area contributed by atoms with Gasteiger partial charge in [0.05, 0.1) is 11.6 Å². The molecule has 0 aliphatic rings. The Hall–Kier alpha value is -2.92. The van der Waals surface area contributed by atoms with Gasteiger partial charge in [-0.3, -0.25) is 0 Å². The predicted octanol–water partition coefficient (Wildman–Crippen LogP) is 3.06. The van der Waals surface area contributed by atoms with Gasteiger partial charge in [0.2, 0.25) is 5.88 Å². The van der Waals surface area contributed by atoms with E-state index >= 15 is 0 Å². The van der Waals surface area contributed by atoms with Crippen LogP contribution in [0.2, 0.25) is 0 Å². The van der Waals surface area contributed by atoms with E-state index in [9.17, 15) is 4.39 Å². The normalized spacial score (nSPS) is 9.47. The molecule has 5 heteroatoms. The molecular formula is C14H8FN3O. The second-order valence-electron chi connectivity index (χ2n) is 3.77. The molecule has 19 heavy (non-hydrogen) atoms. The van der Waals surface area contributed by atoms with Gasteiger partial charge in [-0.2, -0.15) is 10.5 Å². The molecule has 0 saturated carbocycles. The first-order chi connectivity index (χ1) is 9.13. The summed E-state index contributed by atoms with van der Waals surface area (Å²) >= 11 is 0. The van der Waals surface area contributed by atoms with Crippen molar-refractivity contribution >= 4 is 0 Å². The fraction of sp³-hybridized carbons (Fsp3) is 0.0714. The molecule has 0 atom stereocenters. The molecule has 92 valence electrons. The van der Waals surface area contributed by atoms with Gasteiger partial charge in [0.1, 0.15) is 23.2 Å². The number of benzene rings is 1. The van der Waals surface area contributed by atoms with Crippen molar-refractivity contribution in [3.8, 4) is 23.8 Å². The Balaban J connectivity index is 2.43. The van der Waals surface area contributed by atoms with Crippen LogP contribution in [0.15, 0.2) is 30.3 Å². The number of aromatic nitrogens is 1. The number of aryl methyl sites for hydroxylation is 1. The summed E-state index contributed by atoms with van der Waals surface area (Å²) < 4.78 is 18.8. The minimum atomic E-state index is -0.659. The van der Waals surface area contributed by atoms with Crippen LogP contribution in [0, 0.1) is 35.4 Å². The van der Waals surface area contributed by atoms with Crippen molar-refractivity contribution in [3.63, 3.8) is 0 Å². The van der Waals surface area contributed by atoms with E-state index < -0.39 is 5.82 Å². The number of hydrogen-bond donors (Lipinski definition) is 0. The monoisotopic (exact) mass is 253 g/mol. The average molecular weight is 253 g/mol. The summed E-state index contributed by atoms with van der Waals surface area (Å²) in [6.45, 7) is 1.71. The molecule has 0 aliphatic heterocycles. The highest BCUT2D eigenvalue weighted by Crippen LogP contribution is 2.26. The van der Waals surface area contributed by atoms with Crippen molar-refractivity contribution in [3.05, 3.63) is 53.0 Å². The third-order valence-electron chi connectivity index (χ3n) is 2.36. The molecule has 0 amide bonds. The Kier molecular flexibility index (Phi) is 3.40. The molecule has 1 heterocycles. The number of pyridine rings is 1. The van der Waals surface area contributed by atoms with Gasteiger partial charge in [-0.1, -0.05) is 6.07 Å². The van der Waals surface area contributed by atoms with E-state index in [0.29, 0.717) is 11.3 Å². The van der Waals surface area contributed by atoms with E-state index in [0.717, 1.165) is 0 Å². The Labute approximate surface area is 109 Å². The Morgan fingerprint density at radius 3 is 2.68 bits per heavy atom. The van der Waals surface area contributed by atoms with Crippen LogP contribution < -0.4 is 4.74 Å². The van der Waals surface area contributed by atoms with Crippen molar-refractivity contribution < 1.29 is 9.13 Å². The number of nitriles is 2. The molecule has 2 rings (SSSR count). The van der Waals surface area contributed by atoms with Gasteiger partial charge in [-0.25, -0.2) is 9.37 Å². The lowest BCUT2D eigenvalue weighted by molar-refractivity contribution is 0.454. The zero-order valence-electron chi connectivity index (χ0n) is 10.0. The zero-order chi connectivity index (χ0) is 13.8. The molecule has 0 radical (unpaired) electrons. The maximum atomic E-state index is 13.4. The van der Waals surface area contributed by atoms with Gasteiger partial charge in [-0.05, 0) is 25.1 Å². The van der Waals surface area contributed by atoms with E-state index in [1.165, 1.54) is 24.3 Å². The fourth-order valence-corrected chi connectivity index (χ4v) is 1.57. The molecule has 1 aromatic heterocycles. The second-order valence-corrected chi connectivity index (χ2v) is 3.77. The van der Waals surface area contributed by atoms with Crippen molar-refractivity contribution in [2.24, 2.45) is 0 Å². The third kappa shape index (κ3) is 2.67. The first-order valence-corrected chi connectivity index (χ1v) is 5.39. The van der Waals surface area contributed by atoms with Gasteiger partial charge in [0.25, 0.3) is 0 Å². The third-order valence-corrected chi connectivity index (χ3v) is 2.36. The predicted molar refractivity (Wildman–Crippen MR) is 64.9 cm³/mol. The van der Waals surface area contributed by atoms with Crippen LogP contribution in [0.4, 0.5) is 4.39 Å². The number of nitrogens with zero attached hydrogens (tertiary/aromatic N) is 3. The molecule has 0 aliphatic carbocycles. The molecule has 0 N–H and O–H groups in total. The van der Waals surface area contributed by atoms with Gasteiger partial charge in [0.15, 0.2) is 0 Å². The molecular weight excluding hydrogens is 245 g/mol. The summed E-state index contributed by atoms with van der Waals surface area (Å²) in [5, 5.41) is 17.7. The number of hydrogen-bond acceptors (Lipinski definition) is 4. The summed E-state index contributed by atoms with van der Waals surface area (Å²) in [6, 6.07) is 10.8. The molecule has 1 aromatic carbocycles. The average Bonchev–Trinajstić information content (AvgIpc) is 2.38. The number of ether oxygens (including phenoxy) is 1. The maximum Gasteiger partial charge on any atom is 0.220 e. The van der Waals surface area contributed by atoms with Crippen molar-refractivity contribution in [1.29, 1.82) is 10.5 Å². The van der Waals surface area contributed by atoms with Crippen LogP contribution in [0.5, 0.6) is 11.6 Å². The highest BCUT2D eigenvalue weighted by molar-refractivity contribution is 5.46. The van der Waals surface area contributed by atoms with E-state index in [4.69, 9.17) is 15.3 Å². The van der Waals surface area contributed by atoms with E-state index in [1.807, 2.05) is 6.07 Å². The van der Waals surface area contributed by atoms with Crippen LogP contribution in [-0.4, -0.2) is 4.98 Å². The zero-order valence-corrected chi connectivity index (χ0v) is 10.0. The highest BCUT2D eigenvalue weighted by atomic mass is 19.1. The lowest BCUT2D eigenvalue weighted by Crippen LogP contribution is -1.95. The summed E-state index contributed by atoms with van der Waals surface area (Å²) in [7, 11) is 0. The minimum absolute atomic E-state index is 0.0736. The van der Waals surface area contributed by atoms with Gasteiger partial charge in [-0.15, -0.1) is 0 Å². The van der Waals surface area contributed by atoms with Gasteiger partial charge < -0.3 is 4.74 Å². The smallest absolute Gasteiger partial charge is 0.220 e. The molecule has 0 spiro atoms. The molecule has 0 fully saturated rings. The van der Waals surface area contributed by atoms with Gasteiger partial charge in [0, 0.05) is 11.8 Å². The standard InChI is InChI=1S/C14H8FN3O/c1-9-5-10(7-16)6-14(18-9)19-13-4-2-3-12(15)11(13)8-17/h2-6H,1H3. The van der Waals surface area contributed by atoms with Crippen molar-refractivity contribution in [2.45, 2.75) is 6.92 Å². The largest absolute Gasteiger partial charge is 0.437 e. The molecule has 0 saturated heterocycles. The van der Waals surface area contributed by atoms with Crippen LogP contribution in [0.1, 0.15) is 16.8 Å². The van der Waals surface area contributed by atoms with Crippen molar-refractivity contribution in [1.82, 2.24) is 4.98 Å². The highest BCUT2D eigenvalue weighted by Gasteiger charge is 2.11. The van der Waals surface area contributed by atoms with Gasteiger partial charge >= 0.3 is 0 Å². The van der Waals surface area contributed by atoms with E-state index in [1.54, 1.807) is 19.1 Å². The SMILES string of the molecule is Cc1cc(C#N)cc(Oc2cccc(F)c2C#N)n1. The quantitative estimate of drug-likeness (QED) is 0.824. The van der Waals surface area contributed by atoms with E-state index in [2.05, 4.69) is 4.98 Å². The maximum absolute atomic E-state index is 13.4. The van der Waals surface area contributed by atoms with E-state index in [-0.39, 0.29) is 17.2 Å². The Morgan fingerprint density at radius 1 is 1.21 bits per heavy atom. The molecule has 0 unspecified atom stereocenters. The molecule has 4 nitrogen and oxygen atoms in total. The first kappa shape index (κ1) is 12.5. The number of halogens is 1. The lowest BCUT2D eigenvalue weighted by Gasteiger charge is -2.07. The minimum Gasteiger partial charge on any atom is -0.437 e.